The van der Waals surface area contributed by atoms with Crippen LogP contribution in [-0.2, 0) is 9.47 Å². The van der Waals surface area contributed by atoms with Gasteiger partial charge in [0.15, 0.2) is 11.9 Å². The number of ketones is 1. The Bertz CT molecular complexity index is 1200. The minimum absolute atomic E-state index is 0.0413. The molecule has 0 spiro atoms. The number of carbonyl (C=O) groups excluding carboxylic acids is 2. The number of rotatable bonds is 11. The second kappa shape index (κ2) is 12.6. The van der Waals surface area contributed by atoms with Crippen LogP contribution < -0.4 is 0 Å². The number of hydrogen-bond acceptors (Lipinski definition) is 4. The van der Waals surface area contributed by atoms with E-state index in [2.05, 4.69) is 4.74 Å². The number of ether oxygens (including phenoxy) is 2. The Labute approximate surface area is 213 Å². The highest BCUT2D eigenvalue weighted by molar-refractivity contribution is 6.09. The molecule has 0 saturated carbocycles. The molecule has 0 aromatic heterocycles. The maximum Gasteiger partial charge on any atom is 0.425 e. The molecule has 0 fully saturated rings. The van der Waals surface area contributed by atoms with E-state index in [1.54, 1.807) is 31.2 Å². The van der Waals surface area contributed by atoms with E-state index in [9.17, 15) is 27.2 Å². The third kappa shape index (κ3) is 7.73. The van der Waals surface area contributed by atoms with Gasteiger partial charge in [-0.1, -0.05) is 54.1 Å². The molecule has 0 radical (unpaired) electrons. The smallest absolute Gasteiger partial charge is 0.425 e. The second-order valence-electron chi connectivity index (χ2n) is 8.60. The lowest BCUT2D eigenvalue weighted by molar-refractivity contribution is -0.206. The van der Waals surface area contributed by atoms with Gasteiger partial charge in [-0.05, 0) is 62.4 Å². The molecule has 3 aromatic carbocycles. The monoisotopic (exact) mass is 516 g/mol. The predicted octanol–water partition coefficient (Wildman–Crippen LogP) is 7.33. The van der Waals surface area contributed by atoms with Crippen molar-refractivity contribution in [3.8, 4) is 11.1 Å². The lowest BCUT2D eigenvalue weighted by Crippen LogP contribution is -2.34. The Morgan fingerprint density at radius 3 is 2.03 bits per heavy atom. The van der Waals surface area contributed by atoms with Crippen LogP contribution in [0.5, 0.6) is 0 Å². The maximum atomic E-state index is 14.7. The Balaban J connectivity index is 1.68. The number of unbranched alkanes of at least 4 members (excludes halogenated alkanes) is 1. The Hall–Kier alpha value is -3.52. The third-order valence-electron chi connectivity index (χ3n) is 5.81. The van der Waals surface area contributed by atoms with E-state index in [-0.39, 0.29) is 12.0 Å². The van der Waals surface area contributed by atoms with Gasteiger partial charge < -0.3 is 9.47 Å². The first kappa shape index (κ1) is 28.1. The number of carbonyl (C=O) groups is 2. The highest BCUT2D eigenvalue weighted by Crippen LogP contribution is 2.28. The van der Waals surface area contributed by atoms with E-state index in [4.69, 9.17) is 4.74 Å². The molecule has 8 heteroatoms. The fourth-order valence-corrected chi connectivity index (χ4v) is 3.71. The fourth-order valence-electron chi connectivity index (χ4n) is 3.71. The van der Waals surface area contributed by atoms with Gasteiger partial charge in [0.25, 0.3) is 0 Å². The largest absolute Gasteiger partial charge is 0.449 e. The summed E-state index contributed by atoms with van der Waals surface area (Å²) in [5.74, 6) is -3.06. The Morgan fingerprint density at radius 2 is 1.46 bits per heavy atom. The molecule has 0 aliphatic heterocycles. The summed E-state index contributed by atoms with van der Waals surface area (Å²) >= 11 is 0. The molecule has 0 bridgehead atoms. The highest BCUT2D eigenvalue weighted by atomic mass is 19.4. The summed E-state index contributed by atoms with van der Waals surface area (Å²) in [5.41, 5.74) is 2.59. The van der Waals surface area contributed by atoms with Crippen LogP contribution in [0.15, 0.2) is 66.7 Å². The van der Waals surface area contributed by atoms with Crippen LogP contribution in [0.2, 0.25) is 0 Å². The van der Waals surface area contributed by atoms with Crippen LogP contribution in [0.1, 0.15) is 58.0 Å². The molecule has 0 N–H and O–H groups in total. The van der Waals surface area contributed by atoms with Gasteiger partial charge in [-0.15, -0.1) is 0 Å². The van der Waals surface area contributed by atoms with E-state index >= 15 is 0 Å². The Kier molecular flexibility index (Phi) is 9.58. The Morgan fingerprint density at radius 1 is 0.865 bits per heavy atom. The first-order chi connectivity index (χ1) is 17.6. The van der Waals surface area contributed by atoms with Gasteiger partial charge in [-0.2, -0.15) is 13.2 Å². The first-order valence-corrected chi connectivity index (χ1v) is 12.0. The van der Waals surface area contributed by atoms with Crippen LogP contribution >= 0.6 is 0 Å². The molecule has 3 rings (SSSR count). The van der Waals surface area contributed by atoms with Crippen LogP contribution in [0, 0.1) is 12.7 Å². The molecule has 0 aliphatic carbocycles. The van der Waals surface area contributed by atoms with Crippen molar-refractivity contribution in [3.05, 3.63) is 94.8 Å². The average Bonchev–Trinajstić information content (AvgIpc) is 2.87. The molecule has 0 heterocycles. The van der Waals surface area contributed by atoms with Crippen molar-refractivity contribution < 1.29 is 36.6 Å². The average molecular weight is 517 g/mol. The number of halogens is 4. The van der Waals surface area contributed by atoms with Crippen LogP contribution in [0.3, 0.4) is 0 Å². The van der Waals surface area contributed by atoms with E-state index in [0.29, 0.717) is 25.2 Å². The summed E-state index contributed by atoms with van der Waals surface area (Å²) in [7, 11) is 0. The quantitative estimate of drug-likeness (QED) is 0.116. The molecule has 37 heavy (non-hydrogen) atoms. The molecular formula is C29H28F4O4. The summed E-state index contributed by atoms with van der Waals surface area (Å²) in [6, 6.07) is 17.6. The second-order valence-corrected chi connectivity index (χ2v) is 8.60. The minimum Gasteiger partial charge on any atom is -0.449 e. The van der Waals surface area contributed by atoms with Gasteiger partial charge in [-0.25, -0.2) is 9.18 Å². The first-order valence-electron chi connectivity index (χ1n) is 12.0. The van der Waals surface area contributed by atoms with Gasteiger partial charge in [0.05, 0.1) is 5.56 Å². The van der Waals surface area contributed by atoms with Gasteiger partial charge in [0.2, 0.25) is 0 Å². The zero-order chi connectivity index (χ0) is 27.0. The summed E-state index contributed by atoms with van der Waals surface area (Å²) in [5, 5.41) is 0. The topological polar surface area (TPSA) is 52.6 Å². The van der Waals surface area contributed by atoms with Crippen molar-refractivity contribution in [2.45, 2.75) is 45.4 Å². The molecule has 196 valence electrons. The summed E-state index contributed by atoms with van der Waals surface area (Å²) in [6.07, 6.45) is -7.13. The van der Waals surface area contributed by atoms with Gasteiger partial charge >= 0.3 is 12.1 Å². The van der Waals surface area contributed by atoms with Crippen LogP contribution in [-0.4, -0.2) is 37.2 Å². The predicted molar refractivity (Wildman–Crippen MR) is 132 cm³/mol. The summed E-state index contributed by atoms with van der Waals surface area (Å²) in [4.78, 5) is 25.2. The SMILES string of the molecule is CCOCCCCC(OC(=O)c1ccc(C(=O)c2ccc(-c3ccc(C)cc3)cc2)cc1F)C(F)(F)F. The molecule has 4 nitrogen and oxygen atoms in total. The number of esters is 1. The molecule has 0 saturated heterocycles. The van der Waals surface area contributed by atoms with Crippen molar-refractivity contribution in [1.29, 1.82) is 0 Å². The standard InChI is InChI=1S/C29H28F4O4/c1-3-36-17-5-4-6-26(29(31,32)33)37-28(35)24-16-15-23(18-25(24)30)27(34)22-13-11-21(12-14-22)20-9-7-19(2)8-10-20/h7-16,18,26H,3-6,17H2,1-2H3. The highest BCUT2D eigenvalue weighted by Gasteiger charge is 2.42. The normalized spacial score (nSPS) is 12.3. The van der Waals surface area contributed by atoms with Gasteiger partial charge in [-0.3, -0.25) is 4.79 Å². The molecule has 0 amide bonds. The molecule has 1 atom stereocenters. The zero-order valence-electron chi connectivity index (χ0n) is 20.6. The van der Waals surface area contributed by atoms with E-state index in [1.807, 2.05) is 31.2 Å². The maximum absolute atomic E-state index is 14.7. The van der Waals surface area contributed by atoms with Crippen molar-refractivity contribution in [2.75, 3.05) is 13.2 Å². The van der Waals surface area contributed by atoms with Gasteiger partial charge in [0, 0.05) is 24.3 Å². The summed E-state index contributed by atoms with van der Waals surface area (Å²) < 4.78 is 64.4. The van der Waals surface area contributed by atoms with Crippen LogP contribution in [0.25, 0.3) is 11.1 Å². The molecule has 0 aliphatic rings. The van der Waals surface area contributed by atoms with E-state index < -0.39 is 41.8 Å². The minimum atomic E-state index is -4.79. The number of hydrogen-bond donors (Lipinski definition) is 0. The number of alkyl halides is 3. The van der Waals surface area contributed by atoms with Gasteiger partial charge in [0.1, 0.15) is 5.82 Å². The lowest BCUT2D eigenvalue weighted by atomic mass is 9.98. The zero-order valence-corrected chi connectivity index (χ0v) is 20.6. The molecule has 3 aromatic rings. The fraction of sp³-hybridized carbons (Fsp3) is 0.310. The number of benzene rings is 3. The van der Waals surface area contributed by atoms with Crippen molar-refractivity contribution in [1.82, 2.24) is 0 Å². The number of aryl methyl sites for hydroxylation is 1. The summed E-state index contributed by atoms with van der Waals surface area (Å²) in [6.45, 7) is 4.51. The molecular weight excluding hydrogens is 488 g/mol. The van der Waals surface area contributed by atoms with Crippen molar-refractivity contribution in [3.63, 3.8) is 0 Å². The van der Waals surface area contributed by atoms with E-state index in [1.165, 1.54) is 6.07 Å². The van der Waals surface area contributed by atoms with E-state index in [0.717, 1.165) is 28.8 Å². The van der Waals surface area contributed by atoms with Crippen LogP contribution in [0.4, 0.5) is 17.6 Å². The molecule has 1 unspecified atom stereocenters. The third-order valence-corrected chi connectivity index (χ3v) is 5.81. The van der Waals surface area contributed by atoms with Crippen molar-refractivity contribution in [2.24, 2.45) is 0 Å². The lowest BCUT2D eigenvalue weighted by Gasteiger charge is -2.21. The van der Waals surface area contributed by atoms with Crippen molar-refractivity contribution >= 4 is 11.8 Å².